The summed E-state index contributed by atoms with van der Waals surface area (Å²) in [6, 6.07) is 4.83. The average molecular weight is 411 g/mol. The zero-order valence-corrected chi connectivity index (χ0v) is 16.2. The molecule has 1 N–H and O–H groups in total. The van der Waals surface area contributed by atoms with Crippen LogP contribution >= 0.6 is 11.3 Å². The molecular weight excluding hydrogens is 391 g/mol. The first kappa shape index (κ1) is 20.3. The quantitative estimate of drug-likeness (QED) is 0.658. The van der Waals surface area contributed by atoms with Gasteiger partial charge in [-0.2, -0.15) is 13.2 Å². The second-order valence-electron chi connectivity index (χ2n) is 6.43. The van der Waals surface area contributed by atoms with Gasteiger partial charge in [0.25, 0.3) is 5.91 Å². The van der Waals surface area contributed by atoms with E-state index in [0.29, 0.717) is 34.9 Å². The minimum Gasteiger partial charge on any atom is -0.396 e. The number of hydrogen-bond donors (Lipinski definition) is 1. The molecule has 0 radical (unpaired) electrons. The van der Waals surface area contributed by atoms with Gasteiger partial charge in [-0.25, -0.2) is 4.98 Å². The number of hydrogen-bond acceptors (Lipinski definition) is 4. The summed E-state index contributed by atoms with van der Waals surface area (Å²) in [6.07, 6.45) is -2.38. The van der Waals surface area contributed by atoms with E-state index in [2.05, 4.69) is 4.98 Å². The molecule has 0 spiro atoms. The Morgan fingerprint density at radius 2 is 2.14 bits per heavy atom. The molecule has 0 aliphatic heterocycles. The molecule has 2 heterocycles. The number of benzene rings is 1. The highest BCUT2D eigenvalue weighted by atomic mass is 32.1. The summed E-state index contributed by atoms with van der Waals surface area (Å²) >= 11 is 1.25. The van der Waals surface area contributed by atoms with Crippen molar-refractivity contribution in [1.82, 2.24) is 14.3 Å². The van der Waals surface area contributed by atoms with Crippen LogP contribution in [0.5, 0.6) is 0 Å². The Morgan fingerprint density at radius 3 is 2.79 bits per heavy atom. The van der Waals surface area contributed by atoms with Crippen molar-refractivity contribution in [3.8, 4) is 11.3 Å². The van der Waals surface area contributed by atoms with Gasteiger partial charge in [-0.3, -0.25) is 9.20 Å². The van der Waals surface area contributed by atoms with E-state index in [1.165, 1.54) is 17.4 Å². The molecular formula is C19H20F3N3O2S. The molecule has 3 aromatic rings. The summed E-state index contributed by atoms with van der Waals surface area (Å²) in [4.78, 5) is 19.5. The molecule has 0 fully saturated rings. The monoisotopic (exact) mass is 411 g/mol. The van der Waals surface area contributed by atoms with Crippen LogP contribution in [0.1, 0.15) is 36.3 Å². The molecule has 0 bridgehead atoms. The topological polar surface area (TPSA) is 57.8 Å². The maximum atomic E-state index is 13.0. The van der Waals surface area contributed by atoms with Gasteiger partial charge >= 0.3 is 6.18 Å². The smallest absolute Gasteiger partial charge is 0.396 e. The number of carbonyl (C=O) groups is 1. The molecule has 1 unspecified atom stereocenters. The van der Waals surface area contributed by atoms with Crippen LogP contribution in [-0.2, 0) is 6.18 Å². The maximum Gasteiger partial charge on any atom is 0.416 e. The van der Waals surface area contributed by atoms with Crippen LogP contribution < -0.4 is 0 Å². The Balaban J connectivity index is 1.97. The molecule has 0 saturated carbocycles. The van der Waals surface area contributed by atoms with E-state index in [1.807, 2.05) is 13.8 Å². The standard InChI is InChI=1S/C19H20F3N3O2S/c1-3-24(12(2)7-8-26)17(27)16-11-28-18-23-15(10-25(16)18)13-5-4-6-14(9-13)19(20,21)22/h4-6,9-12,26H,3,7-8H2,1-2H3. The number of thiazole rings is 1. The van der Waals surface area contributed by atoms with Crippen molar-refractivity contribution in [3.63, 3.8) is 0 Å². The largest absolute Gasteiger partial charge is 0.416 e. The van der Waals surface area contributed by atoms with Crippen LogP contribution in [0.4, 0.5) is 13.2 Å². The number of imidazole rings is 1. The molecule has 0 aliphatic carbocycles. The first-order valence-electron chi connectivity index (χ1n) is 8.82. The first-order chi connectivity index (χ1) is 13.3. The lowest BCUT2D eigenvalue weighted by atomic mass is 10.1. The van der Waals surface area contributed by atoms with Crippen molar-refractivity contribution in [2.45, 2.75) is 32.5 Å². The van der Waals surface area contributed by atoms with E-state index in [9.17, 15) is 18.0 Å². The van der Waals surface area contributed by atoms with Gasteiger partial charge in [-0.15, -0.1) is 11.3 Å². The minimum absolute atomic E-state index is 0.0191. The molecule has 2 aromatic heterocycles. The van der Waals surface area contributed by atoms with E-state index in [4.69, 9.17) is 5.11 Å². The van der Waals surface area contributed by atoms with Crippen molar-refractivity contribution >= 4 is 22.2 Å². The third-order valence-electron chi connectivity index (χ3n) is 4.59. The van der Waals surface area contributed by atoms with E-state index >= 15 is 0 Å². The van der Waals surface area contributed by atoms with Gasteiger partial charge in [0.05, 0.1) is 11.3 Å². The van der Waals surface area contributed by atoms with Crippen LogP contribution in [0, 0.1) is 0 Å². The van der Waals surface area contributed by atoms with Gasteiger partial charge in [-0.05, 0) is 32.4 Å². The van der Waals surface area contributed by atoms with Gasteiger partial charge in [0, 0.05) is 36.3 Å². The van der Waals surface area contributed by atoms with Crippen LogP contribution in [-0.4, -0.2) is 44.5 Å². The summed E-state index contributed by atoms with van der Waals surface area (Å²) in [6.45, 7) is 4.18. The Hall–Kier alpha value is -2.39. The van der Waals surface area contributed by atoms with Crippen molar-refractivity contribution in [1.29, 1.82) is 0 Å². The Morgan fingerprint density at radius 1 is 1.39 bits per heavy atom. The van der Waals surface area contributed by atoms with E-state index in [1.54, 1.807) is 26.9 Å². The number of rotatable bonds is 6. The number of carbonyl (C=O) groups excluding carboxylic acids is 1. The summed E-state index contributed by atoms with van der Waals surface area (Å²) in [5, 5.41) is 10.8. The van der Waals surface area contributed by atoms with Gasteiger partial charge in [0.2, 0.25) is 0 Å². The fourth-order valence-electron chi connectivity index (χ4n) is 3.08. The minimum atomic E-state index is -4.43. The molecule has 1 aromatic carbocycles. The number of aliphatic hydroxyl groups excluding tert-OH is 1. The number of alkyl halides is 3. The molecule has 150 valence electrons. The zero-order valence-electron chi connectivity index (χ0n) is 15.4. The molecule has 5 nitrogen and oxygen atoms in total. The van der Waals surface area contributed by atoms with Gasteiger partial charge in [0.1, 0.15) is 5.69 Å². The number of aromatic nitrogens is 2. The predicted octanol–water partition coefficient (Wildman–Crippen LogP) is 4.31. The summed E-state index contributed by atoms with van der Waals surface area (Å²) in [5.41, 5.74) is 0.369. The molecule has 0 aliphatic rings. The number of fused-ring (bicyclic) bond motifs is 1. The second-order valence-corrected chi connectivity index (χ2v) is 7.27. The van der Waals surface area contributed by atoms with Crippen LogP contribution in [0.25, 0.3) is 16.2 Å². The highest BCUT2D eigenvalue weighted by Gasteiger charge is 2.31. The number of amides is 1. The molecule has 1 atom stereocenters. The normalized spacial score (nSPS) is 13.1. The highest BCUT2D eigenvalue weighted by Crippen LogP contribution is 2.32. The summed E-state index contributed by atoms with van der Waals surface area (Å²) in [7, 11) is 0. The van der Waals surface area contributed by atoms with Crippen LogP contribution in [0.15, 0.2) is 35.8 Å². The average Bonchev–Trinajstić information content (AvgIpc) is 3.22. The van der Waals surface area contributed by atoms with E-state index in [0.717, 1.165) is 12.1 Å². The van der Waals surface area contributed by atoms with Crippen molar-refractivity contribution in [2.75, 3.05) is 13.2 Å². The summed E-state index contributed by atoms with van der Waals surface area (Å²) < 4.78 is 40.5. The third kappa shape index (κ3) is 3.90. The SMILES string of the molecule is CCN(C(=O)c1csc2nc(-c3cccc(C(F)(F)F)c3)cn12)C(C)CCO. The van der Waals surface area contributed by atoms with Crippen molar-refractivity contribution in [2.24, 2.45) is 0 Å². The second kappa shape index (κ2) is 7.92. The Bertz CT molecular complexity index is 980. The lowest BCUT2D eigenvalue weighted by Crippen LogP contribution is -2.39. The van der Waals surface area contributed by atoms with Gasteiger partial charge < -0.3 is 10.0 Å². The fourth-order valence-corrected chi connectivity index (χ4v) is 3.92. The summed E-state index contributed by atoms with van der Waals surface area (Å²) in [5.74, 6) is -0.206. The van der Waals surface area contributed by atoms with Crippen LogP contribution in [0.3, 0.4) is 0 Å². The fraction of sp³-hybridized carbons (Fsp3) is 0.368. The Kier molecular flexibility index (Phi) is 5.76. The molecule has 3 rings (SSSR count). The van der Waals surface area contributed by atoms with Crippen molar-refractivity contribution in [3.05, 3.63) is 47.1 Å². The van der Waals surface area contributed by atoms with Crippen molar-refractivity contribution < 1.29 is 23.1 Å². The first-order valence-corrected chi connectivity index (χ1v) is 9.70. The maximum absolute atomic E-state index is 13.0. The van der Waals surface area contributed by atoms with E-state index in [-0.39, 0.29) is 18.6 Å². The number of halogens is 3. The molecule has 28 heavy (non-hydrogen) atoms. The Labute approximate surface area is 164 Å². The van der Waals surface area contributed by atoms with Crippen LogP contribution in [0.2, 0.25) is 0 Å². The van der Waals surface area contributed by atoms with E-state index < -0.39 is 11.7 Å². The number of nitrogens with zero attached hydrogens (tertiary/aromatic N) is 3. The third-order valence-corrected chi connectivity index (χ3v) is 5.43. The molecule has 1 amide bonds. The lowest BCUT2D eigenvalue weighted by molar-refractivity contribution is -0.137. The highest BCUT2D eigenvalue weighted by molar-refractivity contribution is 7.15. The molecule has 0 saturated heterocycles. The zero-order chi connectivity index (χ0) is 20.5. The number of aliphatic hydroxyl groups is 1. The van der Waals surface area contributed by atoms with Gasteiger partial charge in [-0.1, -0.05) is 12.1 Å². The van der Waals surface area contributed by atoms with Gasteiger partial charge in [0.15, 0.2) is 4.96 Å². The predicted molar refractivity (Wildman–Crippen MR) is 101 cm³/mol. The lowest BCUT2D eigenvalue weighted by Gasteiger charge is -2.27. The molecule has 9 heteroatoms.